The van der Waals surface area contributed by atoms with Crippen LogP contribution in [-0.4, -0.2) is 37.6 Å². The van der Waals surface area contributed by atoms with Gasteiger partial charge >= 0.3 is 0 Å². The third-order valence-electron chi connectivity index (χ3n) is 6.41. The third-order valence-corrected chi connectivity index (χ3v) is 6.41. The molecule has 4 heteroatoms. The number of carbonyl (C=O) groups is 1. The highest BCUT2D eigenvalue weighted by Crippen LogP contribution is 2.58. The van der Waals surface area contributed by atoms with Crippen molar-refractivity contribution in [1.29, 1.82) is 0 Å². The molecule has 1 saturated carbocycles. The fraction of sp³-hybridized carbons (Fsp3) is 0.632. The fourth-order valence-electron chi connectivity index (χ4n) is 4.34. The molecule has 1 aromatic rings. The minimum atomic E-state index is 0.0675. The summed E-state index contributed by atoms with van der Waals surface area (Å²) in [6.45, 7) is 9.73. The number of methoxy groups -OCH3 is 1. The number of rotatable bonds is 4. The Bertz CT molecular complexity index is 582. The van der Waals surface area contributed by atoms with E-state index >= 15 is 0 Å². The number of likely N-dealkylation sites (tertiary alicyclic amines) is 1. The standard InChI is InChI=1S/C19H28N2O2/c1-18(2)14-9-10-19(18,3)13-21(11-14)12-17(22)20-15-5-7-16(23-4)8-6-15/h5-8,14H,9-13H2,1-4H3,(H,20,22)/t14-,19-/m0/s1. The summed E-state index contributed by atoms with van der Waals surface area (Å²) in [5.74, 6) is 1.57. The lowest BCUT2D eigenvalue weighted by Gasteiger charge is -2.50. The lowest BCUT2D eigenvalue weighted by Crippen LogP contribution is -2.53. The van der Waals surface area contributed by atoms with Gasteiger partial charge in [0.25, 0.3) is 0 Å². The van der Waals surface area contributed by atoms with Gasteiger partial charge in [-0.3, -0.25) is 9.69 Å². The molecule has 1 aliphatic heterocycles. The van der Waals surface area contributed by atoms with Crippen molar-refractivity contribution < 1.29 is 9.53 Å². The van der Waals surface area contributed by atoms with E-state index in [4.69, 9.17) is 4.74 Å². The van der Waals surface area contributed by atoms with Crippen LogP contribution in [0.1, 0.15) is 33.6 Å². The normalized spacial score (nSPS) is 29.3. The van der Waals surface area contributed by atoms with Crippen LogP contribution in [0, 0.1) is 16.7 Å². The average Bonchev–Trinajstić information content (AvgIpc) is 2.64. The molecule has 1 saturated heterocycles. The molecular formula is C19H28N2O2. The zero-order chi connectivity index (χ0) is 16.7. The number of anilines is 1. The molecular weight excluding hydrogens is 288 g/mol. The van der Waals surface area contributed by atoms with Crippen molar-refractivity contribution in [3.8, 4) is 5.75 Å². The van der Waals surface area contributed by atoms with Crippen LogP contribution in [0.15, 0.2) is 24.3 Å². The maximum absolute atomic E-state index is 12.4. The van der Waals surface area contributed by atoms with Gasteiger partial charge in [-0.1, -0.05) is 20.8 Å². The number of hydrogen-bond donors (Lipinski definition) is 1. The molecule has 1 aromatic carbocycles. The zero-order valence-electron chi connectivity index (χ0n) is 14.7. The molecule has 1 N–H and O–H groups in total. The second-order valence-electron chi connectivity index (χ2n) is 7.96. The number of benzene rings is 1. The second kappa shape index (κ2) is 5.82. The first kappa shape index (κ1) is 16.3. The second-order valence-corrected chi connectivity index (χ2v) is 7.96. The van der Waals surface area contributed by atoms with Gasteiger partial charge in [0, 0.05) is 18.8 Å². The van der Waals surface area contributed by atoms with Crippen molar-refractivity contribution in [2.45, 2.75) is 33.6 Å². The quantitative estimate of drug-likeness (QED) is 0.926. The highest BCUT2D eigenvalue weighted by molar-refractivity contribution is 5.92. The van der Waals surface area contributed by atoms with Gasteiger partial charge in [0.15, 0.2) is 0 Å². The molecule has 23 heavy (non-hydrogen) atoms. The van der Waals surface area contributed by atoms with E-state index < -0.39 is 0 Å². The Morgan fingerprint density at radius 3 is 2.61 bits per heavy atom. The Balaban J connectivity index is 1.58. The highest BCUT2D eigenvalue weighted by atomic mass is 16.5. The largest absolute Gasteiger partial charge is 0.497 e. The lowest BCUT2D eigenvalue weighted by molar-refractivity contribution is -0.119. The molecule has 0 spiro atoms. The molecule has 1 amide bonds. The first-order valence-corrected chi connectivity index (χ1v) is 8.50. The van der Waals surface area contributed by atoms with E-state index in [0.717, 1.165) is 24.5 Å². The number of ether oxygens (including phenoxy) is 1. The van der Waals surface area contributed by atoms with Gasteiger partial charge in [-0.25, -0.2) is 0 Å². The molecule has 4 nitrogen and oxygen atoms in total. The van der Waals surface area contributed by atoms with E-state index in [1.165, 1.54) is 12.8 Å². The van der Waals surface area contributed by atoms with Gasteiger partial charge in [-0.15, -0.1) is 0 Å². The van der Waals surface area contributed by atoms with Gasteiger partial charge in [0.2, 0.25) is 5.91 Å². The van der Waals surface area contributed by atoms with Crippen LogP contribution in [0.3, 0.4) is 0 Å². The van der Waals surface area contributed by atoms with Gasteiger partial charge in [0.05, 0.1) is 13.7 Å². The summed E-state index contributed by atoms with van der Waals surface area (Å²) in [7, 11) is 1.64. The van der Waals surface area contributed by atoms with Crippen LogP contribution in [-0.2, 0) is 4.79 Å². The van der Waals surface area contributed by atoms with E-state index in [2.05, 4.69) is 31.0 Å². The number of amides is 1. The smallest absolute Gasteiger partial charge is 0.238 e. The summed E-state index contributed by atoms with van der Waals surface area (Å²) in [6, 6.07) is 7.47. The Morgan fingerprint density at radius 1 is 1.30 bits per heavy atom. The number of hydrogen-bond acceptors (Lipinski definition) is 3. The molecule has 1 heterocycles. The predicted molar refractivity (Wildman–Crippen MR) is 92.7 cm³/mol. The van der Waals surface area contributed by atoms with Gasteiger partial charge in [0.1, 0.15) is 5.75 Å². The Hall–Kier alpha value is -1.55. The van der Waals surface area contributed by atoms with Crippen LogP contribution in [0.25, 0.3) is 0 Å². The molecule has 1 aliphatic carbocycles. The minimum absolute atomic E-state index is 0.0675. The van der Waals surface area contributed by atoms with Gasteiger partial charge in [-0.05, 0) is 53.9 Å². The summed E-state index contributed by atoms with van der Waals surface area (Å²) >= 11 is 0. The molecule has 2 atom stereocenters. The molecule has 2 bridgehead atoms. The molecule has 2 aliphatic rings. The monoisotopic (exact) mass is 316 g/mol. The number of fused-ring (bicyclic) bond motifs is 2. The molecule has 3 rings (SSSR count). The van der Waals surface area contributed by atoms with Crippen molar-refractivity contribution in [2.24, 2.45) is 16.7 Å². The summed E-state index contributed by atoms with van der Waals surface area (Å²) in [6.07, 6.45) is 2.57. The lowest BCUT2D eigenvalue weighted by atomic mass is 9.63. The van der Waals surface area contributed by atoms with Crippen LogP contribution >= 0.6 is 0 Å². The fourth-order valence-corrected chi connectivity index (χ4v) is 4.34. The zero-order valence-corrected chi connectivity index (χ0v) is 14.7. The summed E-state index contributed by atoms with van der Waals surface area (Å²) in [5, 5.41) is 2.99. The van der Waals surface area contributed by atoms with Crippen LogP contribution in [0.5, 0.6) is 5.75 Å². The van der Waals surface area contributed by atoms with E-state index in [9.17, 15) is 4.79 Å². The number of nitrogens with zero attached hydrogens (tertiary/aromatic N) is 1. The van der Waals surface area contributed by atoms with E-state index in [-0.39, 0.29) is 5.91 Å². The van der Waals surface area contributed by atoms with Crippen molar-refractivity contribution >= 4 is 11.6 Å². The Labute approximate surface area is 139 Å². The van der Waals surface area contributed by atoms with E-state index in [1.807, 2.05) is 24.3 Å². The topological polar surface area (TPSA) is 41.6 Å². The highest BCUT2D eigenvalue weighted by Gasteiger charge is 2.55. The Kier molecular flexibility index (Phi) is 4.13. The van der Waals surface area contributed by atoms with Crippen molar-refractivity contribution in [3.05, 3.63) is 24.3 Å². The number of nitrogens with one attached hydrogen (secondary N) is 1. The van der Waals surface area contributed by atoms with E-state index in [1.54, 1.807) is 7.11 Å². The first-order chi connectivity index (χ1) is 10.8. The molecule has 0 unspecified atom stereocenters. The predicted octanol–water partition coefficient (Wildman–Crippen LogP) is 3.39. The van der Waals surface area contributed by atoms with Gasteiger partial charge in [-0.2, -0.15) is 0 Å². The molecule has 0 radical (unpaired) electrons. The minimum Gasteiger partial charge on any atom is -0.497 e. The Morgan fingerprint density at radius 2 is 2.00 bits per heavy atom. The van der Waals surface area contributed by atoms with Crippen LogP contribution < -0.4 is 10.1 Å². The van der Waals surface area contributed by atoms with Crippen LogP contribution in [0.4, 0.5) is 5.69 Å². The van der Waals surface area contributed by atoms with Crippen molar-refractivity contribution in [2.75, 3.05) is 32.1 Å². The summed E-state index contributed by atoms with van der Waals surface area (Å²) in [5.41, 5.74) is 1.54. The van der Waals surface area contributed by atoms with E-state index in [0.29, 0.717) is 23.3 Å². The van der Waals surface area contributed by atoms with Crippen LogP contribution in [0.2, 0.25) is 0 Å². The molecule has 0 aromatic heterocycles. The van der Waals surface area contributed by atoms with Crippen molar-refractivity contribution in [1.82, 2.24) is 4.90 Å². The average molecular weight is 316 g/mol. The molecule has 2 fully saturated rings. The first-order valence-electron chi connectivity index (χ1n) is 8.50. The number of piperidine rings is 1. The number of carbonyl (C=O) groups excluding carboxylic acids is 1. The summed E-state index contributed by atoms with van der Waals surface area (Å²) < 4.78 is 5.14. The molecule has 126 valence electrons. The van der Waals surface area contributed by atoms with Crippen molar-refractivity contribution in [3.63, 3.8) is 0 Å². The third kappa shape index (κ3) is 2.97. The SMILES string of the molecule is COc1ccc(NC(=O)CN2C[C@@H]3CC[C@@](C)(C2)C3(C)C)cc1. The maximum atomic E-state index is 12.4. The van der Waals surface area contributed by atoms with Gasteiger partial charge < -0.3 is 10.1 Å². The summed E-state index contributed by atoms with van der Waals surface area (Å²) in [4.78, 5) is 14.7. The maximum Gasteiger partial charge on any atom is 0.238 e.